The zero-order chi connectivity index (χ0) is 16.5. The van der Waals surface area contributed by atoms with E-state index in [0.29, 0.717) is 18.6 Å². The Morgan fingerprint density at radius 3 is 2.77 bits per heavy atom. The van der Waals surface area contributed by atoms with Crippen LogP contribution in [0.15, 0.2) is 23.1 Å². The minimum absolute atomic E-state index is 0.127. The fourth-order valence-electron chi connectivity index (χ4n) is 2.23. The molecule has 0 saturated heterocycles. The molecule has 0 bridgehead atoms. The van der Waals surface area contributed by atoms with Crippen LogP contribution in [0, 0.1) is 0 Å². The van der Waals surface area contributed by atoms with Crippen LogP contribution in [0.3, 0.4) is 0 Å². The van der Waals surface area contributed by atoms with Gasteiger partial charge in [-0.1, -0.05) is 12.1 Å². The minimum Gasteiger partial charge on any atom is -0.492 e. The van der Waals surface area contributed by atoms with Gasteiger partial charge in [-0.15, -0.1) is 0 Å². The van der Waals surface area contributed by atoms with Crippen LogP contribution in [-0.2, 0) is 21.2 Å². The summed E-state index contributed by atoms with van der Waals surface area (Å²) in [5.74, 6) is -1.40. The highest BCUT2D eigenvalue weighted by molar-refractivity contribution is 7.89. The molecule has 0 aliphatic carbocycles. The van der Waals surface area contributed by atoms with E-state index in [1.165, 1.54) is 12.1 Å². The van der Waals surface area contributed by atoms with Gasteiger partial charge in [0.15, 0.2) is 0 Å². The zero-order valence-electron chi connectivity index (χ0n) is 11.7. The summed E-state index contributed by atoms with van der Waals surface area (Å²) in [5.41, 5.74) is -1.74. The second-order valence-electron chi connectivity index (χ2n) is 5.24. The van der Waals surface area contributed by atoms with Gasteiger partial charge in [0, 0.05) is 6.42 Å². The Hall–Kier alpha value is -1.74. The van der Waals surface area contributed by atoms with Crippen molar-refractivity contribution in [2.75, 3.05) is 6.61 Å². The minimum atomic E-state index is -4.35. The van der Waals surface area contributed by atoms with E-state index in [2.05, 4.69) is 0 Å². The lowest BCUT2D eigenvalue weighted by Crippen LogP contribution is -2.52. The van der Waals surface area contributed by atoms with E-state index in [4.69, 9.17) is 9.84 Å². The summed E-state index contributed by atoms with van der Waals surface area (Å²) in [6, 6.07) is 4.41. The molecule has 1 aliphatic heterocycles. The number of hydrogen-bond acceptors (Lipinski definition) is 4. The second-order valence-corrected chi connectivity index (χ2v) is 6.89. The monoisotopic (exact) mass is 335 g/mol. The first-order chi connectivity index (χ1) is 10.2. The summed E-state index contributed by atoms with van der Waals surface area (Å²) in [7, 11) is -4.35. The van der Waals surface area contributed by atoms with Crippen LogP contribution in [0.4, 0.5) is 8.78 Å². The molecule has 0 fully saturated rings. The van der Waals surface area contributed by atoms with E-state index in [1.807, 2.05) is 4.72 Å². The van der Waals surface area contributed by atoms with Crippen molar-refractivity contribution in [1.29, 1.82) is 0 Å². The SMILES string of the molecule is CC(CC(=O)O)(NS(=O)(=O)c1cccc2c1OCC2)C(F)F. The highest BCUT2D eigenvalue weighted by atomic mass is 32.2. The molecule has 22 heavy (non-hydrogen) atoms. The van der Waals surface area contributed by atoms with Crippen LogP contribution in [0.5, 0.6) is 5.75 Å². The number of halogens is 2. The number of sulfonamides is 1. The number of nitrogens with one attached hydrogen (secondary N) is 1. The Balaban J connectivity index is 2.39. The van der Waals surface area contributed by atoms with Gasteiger partial charge in [0.2, 0.25) is 10.0 Å². The molecular formula is C13H15F2NO5S. The molecule has 0 radical (unpaired) electrons. The second kappa shape index (κ2) is 5.81. The number of aliphatic carboxylic acids is 1. The summed E-state index contributed by atoms with van der Waals surface area (Å²) in [5, 5.41) is 8.73. The Labute approximate surface area is 126 Å². The lowest BCUT2D eigenvalue weighted by atomic mass is 10.0. The van der Waals surface area contributed by atoms with Gasteiger partial charge in [-0.25, -0.2) is 17.2 Å². The van der Waals surface area contributed by atoms with Gasteiger partial charge in [0.1, 0.15) is 16.2 Å². The molecule has 2 rings (SSSR count). The van der Waals surface area contributed by atoms with Gasteiger partial charge in [0.05, 0.1) is 13.0 Å². The van der Waals surface area contributed by atoms with Crippen LogP contribution < -0.4 is 9.46 Å². The largest absolute Gasteiger partial charge is 0.492 e. The average molecular weight is 335 g/mol. The molecule has 1 aliphatic rings. The Kier molecular flexibility index (Phi) is 4.39. The first-order valence-corrected chi connectivity index (χ1v) is 7.93. The number of rotatable bonds is 6. The van der Waals surface area contributed by atoms with Crippen molar-refractivity contribution in [3.63, 3.8) is 0 Å². The van der Waals surface area contributed by atoms with Crippen LogP contribution in [0.25, 0.3) is 0 Å². The van der Waals surface area contributed by atoms with Crippen molar-refractivity contribution >= 4 is 16.0 Å². The number of benzene rings is 1. The number of ether oxygens (including phenoxy) is 1. The van der Waals surface area contributed by atoms with Gasteiger partial charge < -0.3 is 9.84 Å². The summed E-state index contributed by atoms with van der Waals surface area (Å²) in [6.07, 6.45) is -3.70. The van der Waals surface area contributed by atoms with E-state index in [1.54, 1.807) is 6.07 Å². The fourth-order valence-corrected chi connectivity index (χ4v) is 3.81. The molecule has 0 aromatic heterocycles. The maximum Gasteiger partial charge on any atom is 0.305 e. The number of para-hydroxylation sites is 1. The maximum atomic E-state index is 13.1. The molecule has 0 spiro atoms. The molecule has 1 aromatic rings. The molecular weight excluding hydrogens is 320 g/mol. The van der Waals surface area contributed by atoms with Crippen molar-refractivity contribution in [3.8, 4) is 5.75 Å². The van der Waals surface area contributed by atoms with E-state index in [-0.39, 0.29) is 10.6 Å². The lowest BCUT2D eigenvalue weighted by Gasteiger charge is -2.28. The van der Waals surface area contributed by atoms with Gasteiger partial charge >= 0.3 is 5.97 Å². The molecule has 2 N–H and O–H groups in total. The summed E-state index contributed by atoms with van der Waals surface area (Å²) < 4.78 is 58.1. The Morgan fingerprint density at radius 2 is 2.18 bits per heavy atom. The standard InChI is InChI=1S/C13H15F2NO5S/c1-13(12(14)15,7-10(17)18)16-22(19,20)9-4-2-3-8-5-6-21-11(8)9/h2-4,12,16H,5-7H2,1H3,(H,17,18). The Morgan fingerprint density at radius 1 is 1.50 bits per heavy atom. The summed E-state index contributed by atoms with van der Waals surface area (Å²) in [6.45, 7) is 1.16. The normalized spacial score (nSPS) is 16.9. The smallest absolute Gasteiger partial charge is 0.305 e. The number of carbonyl (C=O) groups is 1. The third-order valence-electron chi connectivity index (χ3n) is 3.34. The van der Waals surface area contributed by atoms with Crippen LogP contribution in [0.2, 0.25) is 0 Å². The number of carboxylic acid groups (broad SMARTS) is 1. The molecule has 0 saturated carbocycles. The number of carboxylic acids is 1. The first-order valence-electron chi connectivity index (χ1n) is 6.44. The van der Waals surface area contributed by atoms with Gasteiger partial charge in [-0.2, -0.15) is 4.72 Å². The van der Waals surface area contributed by atoms with Crippen LogP contribution >= 0.6 is 0 Å². The molecule has 1 unspecified atom stereocenters. The third-order valence-corrected chi connectivity index (χ3v) is 4.97. The van der Waals surface area contributed by atoms with Crippen molar-refractivity contribution < 1.29 is 31.8 Å². The highest BCUT2D eigenvalue weighted by Gasteiger charge is 2.42. The number of fused-ring (bicyclic) bond motifs is 1. The van der Waals surface area contributed by atoms with Crippen molar-refractivity contribution in [1.82, 2.24) is 4.72 Å². The summed E-state index contributed by atoms with van der Waals surface area (Å²) in [4.78, 5) is 10.5. The highest BCUT2D eigenvalue weighted by Crippen LogP contribution is 2.34. The molecule has 122 valence electrons. The Bertz CT molecular complexity index is 692. The fraction of sp³-hybridized carbons (Fsp3) is 0.462. The first kappa shape index (κ1) is 16.6. The van der Waals surface area contributed by atoms with E-state index < -0.39 is 34.4 Å². The molecule has 1 heterocycles. The number of hydrogen-bond donors (Lipinski definition) is 2. The summed E-state index contributed by atoms with van der Waals surface area (Å²) >= 11 is 0. The molecule has 6 nitrogen and oxygen atoms in total. The van der Waals surface area contributed by atoms with E-state index in [9.17, 15) is 22.0 Å². The topological polar surface area (TPSA) is 92.7 Å². The number of alkyl halides is 2. The van der Waals surface area contributed by atoms with E-state index >= 15 is 0 Å². The lowest BCUT2D eigenvalue weighted by molar-refractivity contribution is -0.140. The van der Waals surface area contributed by atoms with Crippen LogP contribution in [-0.4, -0.2) is 38.1 Å². The maximum absolute atomic E-state index is 13.1. The predicted octanol–water partition coefficient (Wildman–Crippen LogP) is 1.40. The molecule has 0 amide bonds. The average Bonchev–Trinajstić information content (AvgIpc) is 2.84. The van der Waals surface area contributed by atoms with Crippen LogP contribution in [0.1, 0.15) is 18.9 Å². The van der Waals surface area contributed by atoms with Gasteiger partial charge in [-0.3, -0.25) is 4.79 Å². The van der Waals surface area contributed by atoms with Crippen molar-refractivity contribution in [2.24, 2.45) is 0 Å². The predicted molar refractivity (Wildman–Crippen MR) is 72.6 cm³/mol. The zero-order valence-corrected chi connectivity index (χ0v) is 12.5. The quantitative estimate of drug-likeness (QED) is 0.820. The molecule has 1 aromatic carbocycles. The van der Waals surface area contributed by atoms with Crippen molar-refractivity contribution in [2.45, 2.75) is 36.6 Å². The van der Waals surface area contributed by atoms with Gasteiger partial charge in [0.25, 0.3) is 6.43 Å². The molecule has 9 heteroatoms. The van der Waals surface area contributed by atoms with Crippen molar-refractivity contribution in [3.05, 3.63) is 23.8 Å². The van der Waals surface area contributed by atoms with Gasteiger partial charge in [-0.05, 0) is 18.6 Å². The molecule has 1 atom stereocenters. The third kappa shape index (κ3) is 3.20. The van der Waals surface area contributed by atoms with E-state index in [0.717, 1.165) is 6.92 Å².